The third kappa shape index (κ3) is 8.12. The van der Waals surface area contributed by atoms with Gasteiger partial charge in [0.15, 0.2) is 0 Å². The van der Waals surface area contributed by atoms with E-state index in [-0.39, 0.29) is 12.0 Å². The second-order valence-corrected chi connectivity index (χ2v) is 9.34. The van der Waals surface area contributed by atoms with Gasteiger partial charge in [0.05, 0.1) is 0 Å². The van der Waals surface area contributed by atoms with Gasteiger partial charge in [0.1, 0.15) is 5.60 Å². The number of amides is 2. The minimum atomic E-state index is -0.473. The molecule has 0 aromatic heterocycles. The lowest BCUT2D eigenvalue weighted by Crippen LogP contribution is -2.54. The SMILES string of the molecule is CC(C)(C)OC(=O)N1CCN(CCC(=O)NN2CCN(Cc3ccccc3)CC2)CC1. The van der Waals surface area contributed by atoms with Crippen molar-refractivity contribution in [3.05, 3.63) is 35.9 Å². The lowest BCUT2D eigenvalue weighted by atomic mass is 10.2. The van der Waals surface area contributed by atoms with Gasteiger partial charge in [0.2, 0.25) is 5.91 Å². The van der Waals surface area contributed by atoms with Crippen molar-refractivity contribution in [1.82, 2.24) is 25.1 Å². The molecule has 0 radical (unpaired) electrons. The number of hydrogen-bond acceptors (Lipinski definition) is 6. The highest BCUT2D eigenvalue weighted by atomic mass is 16.6. The number of rotatable bonds is 6. The van der Waals surface area contributed by atoms with Crippen molar-refractivity contribution < 1.29 is 14.3 Å². The Hall–Kier alpha value is -2.16. The van der Waals surface area contributed by atoms with Crippen LogP contribution in [0.5, 0.6) is 0 Å². The van der Waals surface area contributed by atoms with Crippen molar-refractivity contribution in [2.75, 3.05) is 58.9 Å². The Bertz CT molecular complexity index is 706. The first kappa shape index (κ1) is 23.5. The molecule has 0 saturated carbocycles. The van der Waals surface area contributed by atoms with Gasteiger partial charge in [-0.15, -0.1) is 0 Å². The molecule has 2 aliphatic rings. The van der Waals surface area contributed by atoms with E-state index >= 15 is 0 Å². The Morgan fingerprint density at radius 2 is 1.52 bits per heavy atom. The summed E-state index contributed by atoms with van der Waals surface area (Å²) in [7, 11) is 0. The summed E-state index contributed by atoms with van der Waals surface area (Å²) in [6.45, 7) is 13.7. The quantitative estimate of drug-likeness (QED) is 0.741. The Morgan fingerprint density at radius 3 is 2.13 bits per heavy atom. The van der Waals surface area contributed by atoms with Crippen molar-refractivity contribution in [2.45, 2.75) is 39.3 Å². The van der Waals surface area contributed by atoms with Gasteiger partial charge in [-0.3, -0.25) is 20.0 Å². The molecular weight excluding hydrogens is 394 g/mol. The summed E-state index contributed by atoms with van der Waals surface area (Å²) in [6, 6.07) is 10.5. The van der Waals surface area contributed by atoms with E-state index in [0.29, 0.717) is 26.1 Å². The first-order valence-electron chi connectivity index (χ1n) is 11.3. The second kappa shape index (κ2) is 10.9. The molecular formula is C23H37N5O3. The molecule has 0 bridgehead atoms. The van der Waals surface area contributed by atoms with Crippen LogP contribution in [0.2, 0.25) is 0 Å². The van der Waals surface area contributed by atoms with Gasteiger partial charge in [0.25, 0.3) is 0 Å². The topological polar surface area (TPSA) is 68.4 Å². The molecule has 172 valence electrons. The summed E-state index contributed by atoms with van der Waals surface area (Å²) in [4.78, 5) is 30.9. The third-order valence-electron chi connectivity index (χ3n) is 5.58. The Morgan fingerprint density at radius 1 is 0.903 bits per heavy atom. The van der Waals surface area contributed by atoms with Gasteiger partial charge in [-0.2, -0.15) is 0 Å². The van der Waals surface area contributed by atoms with Crippen LogP contribution in [0.3, 0.4) is 0 Å². The number of carbonyl (C=O) groups is 2. The summed E-state index contributed by atoms with van der Waals surface area (Å²) in [5, 5.41) is 2.03. The van der Waals surface area contributed by atoms with Crippen LogP contribution in [-0.2, 0) is 16.1 Å². The monoisotopic (exact) mass is 431 g/mol. The summed E-state index contributed by atoms with van der Waals surface area (Å²) in [6.07, 6.45) is 0.215. The maximum atomic E-state index is 12.4. The number of piperazine rings is 2. The molecule has 2 aliphatic heterocycles. The van der Waals surface area contributed by atoms with E-state index in [1.165, 1.54) is 5.56 Å². The fourth-order valence-corrected chi connectivity index (χ4v) is 3.83. The van der Waals surface area contributed by atoms with E-state index in [2.05, 4.69) is 39.5 Å². The molecule has 2 amide bonds. The van der Waals surface area contributed by atoms with Gasteiger partial charge in [-0.25, -0.2) is 9.80 Å². The number of nitrogens with one attached hydrogen (secondary N) is 1. The molecule has 2 heterocycles. The first-order valence-corrected chi connectivity index (χ1v) is 11.3. The number of ether oxygens (including phenoxy) is 1. The zero-order valence-electron chi connectivity index (χ0n) is 19.2. The number of hydrazine groups is 1. The maximum absolute atomic E-state index is 12.4. The Balaban J connectivity index is 1.29. The zero-order valence-corrected chi connectivity index (χ0v) is 19.2. The number of carbonyl (C=O) groups excluding carboxylic acids is 2. The smallest absolute Gasteiger partial charge is 0.410 e. The van der Waals surface area contributed by atoms with Crippen molar-refractivity contribution >= 4 is 12.0 Å². The van der Waals surface area contributed by atoms with Crippen LogP contribution in [-0.4, -0.2) is 96.2 Å². The lowest BCUT2D eigenvalue weighted by molar-refractivity contribution is -0.127. The number of hydrogen-bond donors (Lipinski definition) is 1. The van der Waals surface area contributed by atoms with E-state index in [1.54, 1.807) is 4.90 Å². The average Bonchev–Trinajstić information content (AvgIpc) is 2.73. The van der Waals surface area contributed by atoms with Gasteiger partial charge in [-0.1, -0.05) is 30.3 Å². The molecule has 0 spiro atoms. The second-order valence-electron chi connectivity index (χ2n) is 9.34. The van der Waals surface area contributed by atoms with Crippen molar-refractivity contribution in [1.29, 1.82) is 0 Å². The summed E-state index contributed by atoms with van der Waals surface area (Å²) < 4.78 is 5.43. The number of nitrogens with zero attached hydrogens (tertiary/aromatic N) is 4. The largest absolute Gasteiger partial charge is 0.444 e. The van der Waals surface area contributed by atoms with E-state index in [0.717, 1.165) is 45.8 Å². The molecule has 1 aromatic carbocycles. The minimum absolute atomic E-state index is 0.0612. The van der Waals surface area contributed by atoms with E-state index < -0.39 is 5.60 Å². The van der Waals surface area contributed by atoms with E-state index in [4.69, 9.17) is 4.74 Å². The third-order valence-corrected chi connectivity index (χ3v) is 5.58. The predicted molar refractivity (Wildman–Crippen MR) is 120 cm³/mol. The highest BCUT2D eigenvalue weighted by Gasteiger charge is 2.26. The van der Waals surface area contributed by atoms with Crippen molar-refractivity contribution in [3.63, 3.8) is 0 Å². The van der Waals surface area contributed by atoms with Gasteiger partial charge < -0.3 is 9.64 Å². The van der Waals surface area contributed by atoms with Crippen LogP contribution in [0.25, 0.3) is 0 Å². The number of benzene rings is 1. The highest BCUT2D eigenvalue weighted by Crippen LogP contribution is 2.12. The summed E-state index contributed by atoms with van der Waals surface area (Å²) >= 11 is 0. The van der Waals surface area contributed by atoms with Crippen molar-refractivity contribution in [2.24, 2.45) is 0 Å². The first-order chi connectivity index (χ1) is 14.8. The summed E-state index contributed by atoms with van der Waals surface area (Å²) in [5.41, 5.74) is 3.90. The molecule has 31 heavy (non-hydrogen) atoms. The maximum Gasteiger partial charge on any atom is 0.410 e. The molecule has 2 saturated heterocycles. The van der Waals surface area contributed by atoms with Gasteiger partial charge >= 0.3 is 6.09 Å². The standard InChI is InChI=1S/C23H37N5O3/c1-23(2,3)31-22(30)27-15-11-25(12-16-27)10-9-21(29)24-28-17-13-26(14-18-28)19-20-7-5-4-6-8-20/h4-8H,9-19H2,1-3H3,(H,24,29). The zero-order chi connectivity index (χ0) is 22.3. The van der Waals surface area contributed by atoms with Crippen LogP contribution in [0, 0.1) is 0 Å². The van der Waals surface area contributed by atoms with E-state index in [1.807, 2.05) is 31.8 Å². The molecule has 8 nitrogen and oxygen atoms in total. The molecule has 8 heteroatoms. The molecule has 0 atom stereocenters. The van der Waals surface area contributed by atoms with Crippen LogP contribution in [0.1, 0.15) is 32.8 Å². The normalized spacial score (nSPS) is 19.3. The van der Waals surface area contributed by atoms with Crippen LogP contribution in [0.4, 0.5) is 4.79 Å². The van der Waals surface area contributed by atoms with Gasteiger partial charge in [0, 0.05) is 71.9 Å². The fourth-order valence-electron chi connectivity index (χ4n) is 3.83. The Labute approximate surface area is 186 Å². The predicted octanol–water partition coefficient (Wildman–Crippen LogP) is 1.78. The highest BCUT2D eigenvalue weighted by molar-refractivity contribution is 5.75. The van der Waals surface area contributed by atoms with Crippen molar-refractivity contribution in [3.8, 4) is 0 Å². The molecule has 1 N–H and O–H groups in total. The molecule has 1 aromatic rings. The molecule has 0 unspecified atom stereocenters. The van der Waals surface area contributed by atoms with Crippen LogP contribution < -0.4 is 5.43 Å². The summed E-state index contributed by atoms with van der Waals surface area (Å²) in [5.74, 6) is 0.0612. The average molecular weight is 432 g/mol. The molecule has 0 aliphatic carbocycles. The van der Waals surface area contributed by atoms with Crippen LogP contribution in [0.15, 0.2) is 30.3 Å². The van der Waals surface area contributed by atoms with E-state index in [9.17, 15) is 9.59 Å². The van der Waals surface area contributed by atoms with Gasteiger partial charge in [-0.05, 0) is 26.3 Å². The fraction of sp³-hybridized carbons (Fsp3) is 0.652. The molecule has 2 fully saturated rings. The Kier molecular flexibility index (Phi) is 8.28. The molecule has 3 rings (SSSR count). The van der Waals surface area contributed by atoms with Crippen LogP contribution >= 0.6 is 0 Å². The minimum Gasteiger partial charge on any atom is -0.444 e. The lowest BCUT2D eigenvalue weighted by Gasteiger charge is -2.36.